The summed E-state index contributed by atoms with van der Waals surface area (Å²) in [5.41, 5.74) is -0.153. The van der Waals surface area contributed by atoms with E-state index >= 15 is 0 Å². The molecule has 1 aliphatic carbocycles. The zero-order valence-corrected chi connectivity index (χ0v) is 8.74. The number of carboxylic acids is 1. The van der Waals surface area contributed by atoms with Gasteiger partial charge in [-0.25, -0.2) is 4.39 Å². The van der Waals surface area contributed by atoms with Crippen LogP contribution < -0.4 is 5.32 Å². The van der Waals surface area contributed by atoms with Gasteiger partial charge in [0.15, 0.2) is 0 Å². The van der Waals surface area contributed by atoms with E-state index in [9.17, 15) is 9.18 Å². The summed E-state index contributed by atoms with van der Waals surface area (Å²) in [4.78, 5) is 14.8. The molecule has 2 N–H and O–H groups in total. The Balaban J connectivity index is 1.99. The number of nitrogens with one attached hydrogen (secondary N) is 1. The van der Waals surface area contributed by atoms with E-state index in [-0.39, 0.29) is 0 Å². The number of rotatable bonds is 4. The molecule has 2 rings (SSSR count). The van der Waals surface area contributed by atoms with Gasteiger partial charge < -0.3 is 5.11 Å². The summed E-state index contributed by atoms with van der Waals surface area (Å²) in [5.74, 6) is -1.24. The first-order chi connectivity index (χ1) is 7.62. The second kappa shape index (κ2) is 4.17. The lowest BCUT2D eigenvalue weighted by molar-refractivity contribution is -0.148. The fraction of sp³-hybridized carbons (Fsp3) is 0.455. The van der Waals surface area contributed by atoms with Gasteiger partial charge in [-0.1, -0.05) is 0 Å². The molecule has 0 aliphatic heterocycles. The van der Waals surface area contributed by atoms with Crippen molar-refractivity contribution in [1.82, 2.24) is 10.3 Å². The van der Waals surface area contributed by atoms with Crippen LogP contribution in [0, 0.1) is 5.82 Å². The van der Waals surface area contributed by atoms with Crippen molar-refractivity contribution >= 4 is 5.97 Å². The minimum atomic E-state index is -0.830. The van der Waals surface area contributed by atoms with Crippen LogP contribution in [0.15, 0.2) is 18.5 Å². The van der Waals surface area contributed by atoms with Crippen LogP contribution in [0.4, 0.5) is 4.39 Å². The summed E-state index contributed by atoms with van der Waals surface area (Å²) in [5, 5.41) is 12.0. The lowest BCUT2D eigenvalue weighted by Crippen LogP contribution is -2.56. The topological polar surface area (TPSA) is 62.2 Å². The third-order valence-corrected chi connectivity index (χ3v) is 3.01. The van der Waals surface area contributed by atoms with Crippen LogP contribution >= 0.6 is 0 Å². The van der Waals surface area contributed by atoms with Crippen LogP contribution in [0.2, 0.25) is 0 Å². The van der Waals surface area contributed by atoms with E-state index in [1.54, 1.807) is 0 Å². The molecule has 1 heterocycles. The first-order valence-electron chi connectivity index (χ1n) is 5.20. The molecule has 0 amide bonds. The Morgan fingerprint density at radius 2 is 2.31 bits per heavy atom. The molecule has 0 bridgehead atoms. The predicted octanol–water partition coefficient (Wildman–Crippen LogP) is 1.32. The third kappa shape index (κ3) is 2.04. The van der Waals surface area contributed by atoms with E-state index in [1.165, 1.54) is 12.3 Å². The SMILES string of the molecule is O=C(O)C1(NCc2cncc(F)c2)CCC1. The van der Waals surface area contributed by atoms with Gasteiger partial charge in [-0.3, -0.25) is 15.1 Å². The van der Waals surface area contributed by atoms with Crippen molar-refractivity contribution in [1.29, 1.82) is 0 Å². The Kier molecular flexibility index (Phi) is 2.87. The first-order valence-corrected chi connectivity index (χ1v) is 5.20. The number of hydrogen-bond donors (Lipinski definition) is 2. The van der Waals surface area contributed by atoms with Gasteiger partial charge in [-0.05, 0) is 30.9 Å². The molecule has 0 radical (unpaired) electrons. The average molecular weight is 224 g/mol. The first kappa shape index (κ1) is 11.0. The Morgan fingerprint density at radius 1 is 1.56 bits per heavy atom. The van der Waals surface area contributed by atoms with Crippen LogP contribution in [-0.2, 0) is 11.3 Å². The summed E-state index contributed by atoms with van der Waals surface area (Å²) in [6.07, 6.45) is 4.83. The fourth-order valence-electron chi connectivity index (χ4n) is 1.82. The van der Waals surface area contributed by atoms with Crippen molar-refractivity contribution in [2.45, 2.75) is 31.3 Å². The zero-order chi connectivity index (χ0) is 11.6. The maximum absolute atomic E-state index is 12.8. The molecule has 0 saturated heterocycles. The van der Waals surface area contributed by atoms with Gasteiger partial charge in [-0.15, -0.1) is 0 Å². The number of halogens is 1. The Morgan fingerprint density at radius 3 is 2.81 bits per heavy atom. The van der Waals surface area contributed by atoms with Crippen LogP contribution in [0.5, 0.6) is 0 Å². The number of carboxylic acid groups (broad SMARTS) is 1. The number of nitrogens with zero attached hydrogens (tertiary/aromatic N) is 1. The fourth-order valence-corrected chi connectivity index (χ4v) is 1.82. The Labute approximate surface area is 92.5 Å². The summed E-state index contributed by atoms with van der Waals surface area (Å²) in [7, 11) is 0. The normalized spacial score (nSPS) is 17.8. The standard InChI is InChI=1S/C11H13FN2O2/c12-9-4-8(5-13-7-9)6-14-11(10(15)16)2-1-3-11/h4-5,7,14H,1-3,6H2,(H,15,16). The second-order valence-corrected chi connectivity index (χ2v) is 4.11. The Bertz CT molecular complexity index is 405. The number of aromatic nitrogens is 1. The highest BCUT2D eigenvalue weighted by molar-refractivity contribution is 5.79. The van der Waals surface area contributed by atoms with E-state index in [1.807, 2.05) is 0 Å². The molecule has 0 unspecified atom stereocenters. The minimum Gasteiger partial charge on any atom is -0.480 e. The van der Waals surface area contributed by atoms with Gasteiger partial charge in [0.25, 0.3) is 0 Å². The lowest BCUT2D eigenvalue weighted by Gasteiger charge is -2.38. The van der Waals surface area contributed by atoms with Gasteiger partial charge >= 0.3 is 5.97 Å². The quantitative estimate of drug-likeness (QED) is 0.809. The van der Waals surface area contributed by atoms with E-state index in [0.29, 0.717) is 24.9 Å². The summed E-state index contributed by atoms with van der Waals surface area (Å²) in [6.45, 7) is 0.330. The van der Waals surface area contributed by atoms with Crippen molar-refractivity contribution in [3.8, 4) is 0 Å². The Hall–Kier alpha value is -1.49. The van der Waals surface area contributed by atoms with Crippen molar-refractivity contribution in [3.05, 3.63) is 29.8 Å². The molecule has 0 atom stereocenters. The molecule has 5 heteroatoms. The van der Waals surface area contributed by atoms with Crippen LogP contribution in [0.1, 0.15) is 24.8 Å². The molecule has 4 nitrogen and oxygen atoms in total. The number of hydrogen-bond acceptors (Lipinski definition) is 3. The number of carbonyl (C=O) groups is 1. The van der Waals surface area contributed by atoms with Gasteiger partial charge in [0.05, 0.1) is 6.20 Å². The van der Waals surface area contributed by atoms with E-state index in [0.717, 1.165) is 12.6 Å². The van der Waals surface area contributed by atoms with E-state index in [4.69, 9.17) is 5.11 Å². The highest BCUT2D eigenvalue weighted by Gasteiger charge is 2.43. The van der Waals surface area contributed by atoms with Crippen molar-refractivity contribution < 1.29 is 14.3 Å². The van der Waals surface area contributed by atoms with Gasteiger partial charge in [-0.2, -0.15) is 0 Å². The summed E-state index contributed by atoms with van der Waals surface area (Å²) >= 11 is 0. The molecule has 1 fully saturated rings. The van der Waals surface area contributed by atoms with Crippen LogP contribution in [0.3, 0.4) is 0 Å². The molecule has 0 aromatic carbocycles. The van der Waals surface area contributed by atoms with Gasteiger partial charge in [0, 0.05) is 12.7 Å². The monoisotopic (exact) mass is 224 g/mol. The predicted molar refractivity (Wildman–Crippen MR) is 55.3 cm³/mol. The lowest BCUT2D eigenvalue weighted by atomic mass is 9.76. The van der Waals surface area contributed by atoms with E-state index in [2.05, 4.69) is 10.3 Å². The minimum absolute atomic E-state index is 0.330. The molecule has 16 heavy (non-hydrogen) atoms. The van der Waals surface area contributed by atoms with Crippen molar-refractivity contribution in [2.75, 3.05) is 0 Å². The molecule has 1 aromatic heterocycles. The highest BCUT2D eigenvalue weighted by Crippen LogP contribution is 2.32. The van der Waals surface area contributed by atoms with Crippen molar-refractivity contribution in [2.24, 2.45) is 0 Å². The van der Waals surface area contributed by atoms with Gasteiger partial charge in [0.2, 0.25) is 0 Å². The van der Waals surface area contributed by atoms with Crippen LogP contribution in [0.25, 0.3) is 0 Å². The maximum Gasteiger partial charge on any atom is 0.323 e. The largest absolute Gasteiger partial charge is 0.480 e. The molecule has 1 saturated carbocycles. The van der Waals surface area contributed by atoms with E-state index < -0.39 is 17.3 Å². The average Bonchev–Trinajstić information content (AvgIpc) is 2.15. The number of aliphatic carboxylic acids is 1. The molecule has 86 valence electrons. The molecule has 1 aliphatic rings. The molecular formula is C11H13FN2O2. The molecule has 0 spiro atoms. The highest BCUT2D eigenvalue weighted by atomic mass is 19.1. The van der Waals surface area contributed by atoms with Gasteiger partial charge in [0.1, 0.15) is 11.4 Å². The number of pyridine rings is 1. The molecular weight excluding hydrogens is 211 g/mol. The maximum atomic E-state index is 12.8. The summed E-state index contributed by atoms with van der Waals surface area (Å²) < 4.78 is 12.8. The van der Waals surface area contributed by atoms with Crippen molar-refractivity contribution in [3.63, 3.8) is 0 Å². The smallest absolute Gasteiger partial charge is 0.323 e. The zero-order valence-electron chi connectivity index (χ0n) is 8.74. The van der Waals surface area contributed by atoms with Crippen LogP contribution in [-0.4, -0.2) is 21.6 Å². The third-order valence-electron chi connectivity index (χ3n) is 3.01. The second-order valence-electron chi connectivity index (χ2n) is 4.11. The summed E-state index contributed by atoms with van der Waals surface area (Å²) in [6, 6.07) is 1.36. The molecule has 1 aromatic rings.